The Balaban J connectivity index is 1.80. The first-order valence-electron chi connectivity index (χ1n) is 8.95. The molecule has 0 atom stereocenters. The molecule has 1 aliphatic heterocycles. The van der Waals surface area contributed by atoms with Gasteiger partial charge in [0.25, 0.3) is 0 Å². The van der Waals surface area contributed by atoms with Crippen LogP contribution in [0.3, 0.4) is 0 Å². The van der Waals surface area contributed by atoms with Gasteiger partial charge in [0.2, 0.25) is 10.0 Å². The number of aliphatic imine (C=N–C) groups is 1. The Morgan fingerprint density at radius 3 is 2.38 bits per heavy atom. The summed E-state index contributed by atoms with van der Waals surface area (Å²) in [4.78, 5) is 6.66. The summed E-state index contributed by atoms with van der Waals surface area (Å²) in [6.07, 6.45) is 3.23. The van der Waals surface area contributed by atoms with Crippen LogP contribution in [0.2, 0.25) is 0 Å². The van der Waals surface area contributed by atoms with Crippen molar-refractivity contribution in [2.24, 2.45) is 4.99 Å². The highest BCUT2D eigenvalue weighted by molar-refractivity contribution is 7.88. The lowest BCUT2D eigenvalue weighted by Crippen LogP contribution is -2.55. The molecule has 1 aromatic carbocycles. The van der Waals surface area contributed by atoms with Crippen LogP contribution in [0.25, 0.3) is 0 Å². The maximum absolute atomic E-state index is 11.4. The predicted octanol–water partition coefficient (Wildman–Crippen LogP) is 1.15. The molecular weight excluding hydrogens is 350 g/mol. The third-order valence-corrected chi connectivity index (χ3v) is 5.26. The SMILES string of the molecule is CN=C(NCC(C)(C)NS(C)(=O)=O)NC1CCN(c2ccccc2)CC1. The van der Waals surface area contributed by atoms with E-state index in [1.807, 2.05) is 19.9 Å². The van der Waals surface area contributed by atoms with Gasteiger partial charge in [-0.25, -0.2) is 13.1 Å². The van der Waals surface area contributed by atoms with Crippen LogP contribution in [-0.4, -0.2) is 58.9 Å². The summed E-state index contributed by atoms with van der Waals surface area (Å²) < 4.78 is 25.5. The van der Waals surface area contributed by atoms with Crippen LogP contribution in [0.15, 0.2) is 35.3 Å². The number of hydrogen-bond acceptors (Lipinski definition) is 4. The van der Waals surface area contributed by atoms with Crippen molar-refractivity contribution in [3.63, 3.8) is 0 Å². The minimum atomic E-state index is -3.25. The van der Waals surface area contributed by atoms with E-state index in [2.05, 4.69) is 49.5 Å². The van der Waals surface area contributed by atoms with E-state index >= 15 is 0 Å². The predicted molar refractivity (Wildman–Crippen MR) is 108 cm³/mol. The fourth-order valence-corrected chi connectivity index (χ4v) is 4.23. The van der Waals surface area contributed by atoms with E-state index < -0.39 is 15.6 Å². The monoisotopic (exact) mass is 381 g/mol. The summed E-state index contributed by atoms with van der Waals surface area (Å²) in [5.41, 5.74) is 0.670. The van der Waals surface area contributed by atoms with Crippen molar-refractivity contribution in [2.75, 3.05) is 37.8 Å². The van der Waals surface area contributed by atoms with Crippen LogP contribution in [0, 0.1) is 0 Å². The molecule has 1 aliphatic rings. The molecule has 0 radical (unpaired) electrons. The lowest BCUT2D eigenvalue weighted by molar-refractivity contribution is 0.434. The highest BCUT2D eigenvalue weighted by Gasteiger charge is 2.24. The van der Waals surface area contributed by atoms with Crippen LogP contribution in [0.1, 0.15) is 26.7 Å². The van der Waals surface area contributed by atoms with E-state index in [-0.39, 0.29) is 0 Å². The van der Waals surface area contributed by atoms with Gasteiger partial charge in [-0.05, 0) is 38.8 Å². The van der Waals surface area contributed by atoms with Crippen molar-refractivity contribution < 1.29 is 8.42 Å². The zero-order valence-corrected chi connectivity index (χ0v) is 16.9. The van der Waals surface area contributed by atoms with Crippen molar-refractivity contribution in [2.45, 2.75) is 38.3 Å². The average Bonchev–Trinajstić information content (AvgIpc) is 2.58. The zero-order chi connectivity index (χ0) is 19.2. The Morgan fingerprint density at radius 2 is 1.85 bits per heavy atom. The van der Waals surface area contributed by atoms with Gasteiger partial charge in [0, 0.05) is 44.0 Å². The number of anilines is 1. The summed E-state index contributed by atoms with van der Waals surface area (Å²) in [5.74, 6) is 0.700. The Bertz CT molecular complexity index is 696. The molecular formula is C18H31N5O2S. The molecule has 2 rings (SSSR count). The lowest BCUT2D eigenvalue weighted by Gasteiger charge is -2.35. The summed E-state index contributed by atoms with van der Waals surface area (Å²) in [5, 5.41) is 6.67. The highest BCUT2D eigenvalue weighted by Crippen LogP contribution is 2.19. The maximum Gasteiger partial charge on any atom is 0.209 e. The van der Waals surface area contributed by atoms with Gasteiger partial charge in [-0.15, -0.1) is 0 Å². The number of hydrogen-bond donors (Lipinski definition) is 3. The Morgan fingerprint density at radius 1 is 1.23 bits per heavy atom. The third-order valence-electron chi connectivity index (χ3n) is 4.34. The Labute approximate surface area is 157 Å². The fourth-order valence-electron chi connectivity index (χ4n) is 3.15. The summed E-state index contributed by atoms with van der Waals surface area (Å²) in [7, 11) is -1.52. The molecule has 1 fully saturated rings. The molecule has 0 spiro atoms. The van der Waals surface area contributed by atoms with Gasteiger partial charge in [0.15, 0.2) is 5.96 Å². The molecule has 1 heterocycles. The largest absolute Gasteiger partial charge is 0.371 e. The quantitative estimate of drug-likeness (QED) is 0.508. The number of rotatable bonds is 6. The fraction of sp³-hybridized carbons (Fsp3) is 0.611. The first kappa shape index (κ1) is 20.5. The van der Waals surface area contributed by atoms with Crippen molar-refractivity contribution in [3.8, 4) is 0 Å². The second kappa shape index (κ2) is 8.73. The molecule has 8 heteroatoms. The van der Waals surface area contributed by atoms with Crippen molar-refractivity contribution in [1.82, 2.24) is 15.4 Å². The van der Waals surface area contributed by atoms with Gasteiger partial charge >= 0.3 is 0 Å². The zero-order valence-electron chi connectivity index (χ0n) is 16.1. The molecule has 7 nitrogen and oxygen atoms in total. The molecule has 3 N–H and O–H groups in total. The first-order chi connectivity index (χ1) is 12.2. The molecule has 0 bridgehead atoms. The molecule has 1 aromatic rings. The normalized spacial score (nSPS) is 17.2. The molecule has 1 saturated heterocycles. The summed E-state index contributed by atoms with van der Waals surface area (Å²) in [6.45, 7) is 6.13. The minimum Gasteiger partial charge on any atom is -0.371 e. The van der Waals surface area contributed by atoms with Crippen LogP contribution in [0.5, 0.6) is 0 Å². The summed E-state index contributed by atoms with van der Waals surface area (Å²) >= 11 is 0. The second-order valence-corrected chi connectivity index (χ2v) is 9.17. The van der Waals surface area contributed by atoms with Gasteiger partial charge < -0.3 is 15.5 Å². The van der Waals surface area contributed by atoms with Gasteiger partial charge in [0.05, 0.1) is 6.26 Å². The lowest BCUT2D eigenvalue weighted by atomic mass is 10.0. The van der Waals surface area contributed by atoms with Gasteiger partial charge in [-0.2, -0.15) is 0 Å². The molecule has 0 amide bonds. The second-order valence-electron chi connectivity index (χ2n) is 7.43. The van der Waals surface area contributed by atoms with E-state index in [0.29, 0.717) is 18.5 Å². The van der Waals surface area contributed by atoms with Gasteiger partial charge in [-0.1, -0.05) is 18.2 Å². The molecule has 0 aliphatic carbocycles. The number of guanidine groups is 1. The molecule has 0 aromatic heterocycles. The highest BCUT2D eigenvalue weighted by atomic mass is 32.2. The molecule has 26 heavy (non-hydrogen) atoms. The standard InChI is InChI=1S/C18H31N5O2S/c1-18(2,22-26(4,24)25)14-20-17(19-3)21-15-10-12-23(13-11-15)16-8-6-5-7-9-16/h5-9,15,22H,10-14H2,1-4H3,(H2,19,20,21). The van der Waals surface area contributed by atoms with Crippen LogP contribution >= 0.6 is 0 Å². The number of sulfonamides is 1. The van der Waals surface area contributed by atoms with Gasteiger partial charge in [0.1, 0.15) is 0 Å². The van der Waals surface area contributed by atoms with Crippen molar-refractivity contribution in [1.29, 1.82) is 0 Å². The number of benzene rings is 1. The summed E-state index contributed by atoms with van der Waals surface area (Å²) in [6, 6.07) is 10.8. The van der Waals surface area contributed by atoms with Gasteiger partial charge in [-0.3, -0.25) is 4.99 Å². The topological polar surface area (TPSA) is 85.8 Å². The molecule has 0 unspecified atom stereocenters. The minimum absolute atomic E-state index is 0.354. The van der Waals surface area contributed by atoms with Crippen molar-refractivity contribution in [3.05, 3.63) is 30.3 Å². The Hall–Kier alpha value is -1.80. The first-order valence-corrected chi connectivity index (χ1v) is 10.8. The van der Waals surface area contributed by atoms with Crippen LogP contribution in [0.4, 0.5) is 5.69 Å². The van der Waals surface area contributed by atoms with E-state index in [1.165, 1.54) is 11.9 Å². The van der Waals surface area contributed by atoms with E-state index in [4.69, 9.17) is 0 Å². The van der Waals surface area contributed by atoms with Crippen LogP contribution < -0.4 is 20.3 Å². The van der Waals surface area contributed by atoms with Crippen LogP contribution in [-0.2, 0) is 10.0 Å². The number of para-hydroxylation sites is 1. The van der Waals surface area contributed by atoms with E-state index in [1.54, 1.807) is 7.05 Å². The van der Waals surface area contributed by atoms with Crippen molar-refractivity contribution >= 4 is 21.7 Å². The number of piperidine rings is 1. The third kappa shape index (κ3) is 6.84. The van der Waals surface area contributed by atoms with E-state index in [0.717, 1.165) is 25.9 Å². The smallest absolute Gasteiger partial charge is 0.209 e. The number of nitrogens with zero attached hydrogens (tertiary/aromatic N) is 2. The Kier molecular flexibility index (Phi) is 6.88. The number of nitrogens with one attached hydrogen (secondary N) is 3. The maximum atomic E-state index is 11.4. The molecule has 0 saturated carbocycles. The molecule has 146 valence electrons. The van der Waals surface area contributed by atoms with E-state index in [9.17, 15) is 8.42 Å². The average molecular weight is 382 g/mol.